The fourth-order valence-corrected chi connectivity index (χ4v) is 4.15. The molecule has 3 heteroatoms. The van der Waals surface area contributed by atoms with Gasteiger partial charge in [0.25, 0.3) is 11.8 Å². The second-order valence-corrected chi connectivity index (χ2v) is 7.41. The van der Waals surface area contributed by atoms with Gasteiger partial charge in [-0.3, -0.25) is 14.5 Å². The van der Waals surface area contributed by atoms with Crippen LogP contribution in [-0.2, 0) is 0 Å². The molecule has 0 radical (unpaired) electrons. The Morgan fingerprint density at radius 2 is 1.52 bits per heavy atom. The Hall–Kier alpha value is -2.68. The van der Waals surface area contributed by atoms with Gasteiger partial charge in [0.1, 0.15) is 0 Å². The minimum Gasteiger partial charge on any atom is -0.274 e. The van der Waals surface area contributed by atoms with Crippen molar-refractivity contribution in [3.05, 3.63) is 59.7 Å². The molecule has 0 fully saturated rings. The lowest BCUT2D eigenvalue weighted by atomic mass is 9.89. The molecule has 1 aliphatic heterocycles. The van der Waals surface area contributed by atoms with Gasteiger partial charge in [-0.05, 0) is 34.7 Å². The average Bonchev–Trinajstić information content (AvgIpc) is 2.69. The van der Waals surface area contributed by atoms with Crippen LogP contribution in [0.1, 0.15) is 66.2 Å². The van der Waals surface area contributed by atoms with E-state index in [9.17, 15) is 9.59 Å². The van der Waals surface area contributed by atoms with Crippen LogP contribution in [0.5, 0.6) is 0 Å². The van der Waals surface area contributed by atoms with E-state index in [4.69, 9.17) is 0 Å². The predicted molar refractivity (Wildman–Crippen MR) is 110 cm³/mol. The minimum absolute atomic E-state index is 0.144. The Morgan fingerprint density at radius 3 is 2.37 bits per heavy atom. The van der Waals surface area contributed by atoms with Crippen molar-refractivity contribution >= 4 is 33.4 Å². The number of hydrogen-bond acceptors (Lipinski definition) is 2. The zero-order valence-corrected chi connectivity index (χ0v) is 15.8. The number of nitrogens with zero attached hydrogens (tertiary/aromatic N) is 1. The van der Waals surface area contributed by atoms with E-state index in [1.54, 1.807) is 0 Å². The Bertz CT molecular complexity index is 1020. The van der Waals surface area contributed by atoms with Gasteiger partial charge in [-0.15, -0.1) is 0 Å². The Balaban J connectivity index is 1.69. The van der Waals surface area contributed by atoms with Gasteiger partial charge in [0.15, 0.2) is 0 Å². The molecule has 3 aromatic rings. The zero-order valence-electron chi connectivity index (χ0n) is 15.8. The summed E-state index contributed by atoms with van der Waals surface area (Å²) in [6, 6.07) is 15.8. The molecular formula is C24H25NO2. The molecule has 0 aromatic heterocycles. The number of rotatable bonds is 7. The molecule has 0 bridgehead atoms. The molecule has 2 amide bonds. The lowest BCUT2D eigenvalue weighted by Crippen LogP contribution is -2.41. The minimum atomic E-state index is -0.151. The first-order valence-corrected chi connectivity index (χ1v) is 10.0. The summed E-state index contributed by atoms with van der Waals surface area (Å²) in [5.41, 5.74) is 1.34. The van der Waals surface area contributed by atoms with E-state index in [0.29, 0.717) is 17.7 Å². The highest BCUT2D eigenvalue weighted by molar-refractivity contribution is 6.30. The molecule has 0 saturated heterocycles. The fourth-order valence-electron chi connectivity index (χ4n) is 4.15. The maximum Gasteiger partial charge on any atom is 0.262 e. The molecule has 27 heavy (non-hydrogen) atoms. The SMILES string of the molecule is CCCCCCCCN1C(=O)c2cccc3cc4ccccc4c(c23)C1=O. The number of carbonyl (C=O) groups excluding carboxylic acids is 2. The van der Waals surface area contributed by atoms with Crippen molar-refractivity contribution in [1.82, 2.24) is 4.90 Å². The Morgan fingerprint density at radius 1 is 0.778 bits per heavy atom. The Labute approximate surface area is 160 Å². The van der Waals surface area contributed by atoms with Crippen LogP contribution in [0.25, 0.3) is 21.5 Å². The van der Waals surface area contributed by atoms with Gasteiger partial charge < -0.3 is 0 Å². The number of amides is 2. The van der Waals surface area contributed by atoms with E-state index in [0.717, 1.165) is 34.4 Å². The Kier molecular flexibility index (Phi) is 4.93. The third-order valence-corrected chi connectivity index (χ3v) is 5.56. The van der Waals surface area contributed by atoms with Crippen molar-refractivity contribution in [2.24, 2.45) is 0 Å². The van der Waals surface area contributed by atoms with Crippen LogP contribution in [0.4, 0.5) is 0 Å². The smallest absolute Gasteiger partial charge is 0.262 e. The van der Waals surface area contributed by atoms with Gasteiger partial charge in [0, 0.05) is 17.5 Å². The number of benzene rings is 3. The second kappa shape index (κ2) is 7.51. The predicted octanol–water partition coefficient (Wildman–Crippen LogP) is 5.95. The maximum absolute atomic E-state index is 13.3. The molecule has 0 saturated carbocycles. The number of imide groups is 1. The molecule has 0 N–H and O–H groups in total. The maximum atomic E-state index is 13.3. The first kappa shape index (κ1) is 17.7. The summed E-state index contributed by atoms with van der Waals surface area (Å²) in [6.45, 7) is 2.70. The highest BCUT2D eigenvalue weighted by atomic mass is 16.2. The monoisotopic (exact) mass is 359 g/mol. The molecule has 0 unspecified atom stereocenters. The van der Waals surface area contributed by atoms with Gasteiger partial charge in [0.05, 0.1) is 5.56 Å². The topological polar surface area (TPSA) is 37.4 Å². The third kappa shape index (κ3) is 3.12. The lowest BCUT2D eigenvalue weighted by molar-refractivity contribution is 0.0609. The van der Waals surface area contributed by atoms with Crippen LogP contribution in [0, 0.1) is 0 Å². The molecule has 0 spiro atoms. The summed E-state index contributed by atoms with van der Waals surface area (Å²) in [6.07, 6.45) is 6.80. The largest absolute Gasteiger partial charge is 0.274 e. The number of carbonyl (C=O) groups is 2. The molecular weight excluding hydrogens is 334 g/mol. The standard InChI is InChI=1S/C24H25NO2/c1-2-3-4-5-6-9-15-25-23(26)20-14-10-12-18-16-17-11-7-8-13-19(17)22(21(18)20)24(25)27/h7-8,10-14,16H,2-6,9,15H2,1H3. The molecule has 1 aliphatic rings. The van der Waals surface area contributed by atoms with E-state index in [1.165, 1.54) is 30.6 Å². The molecule has 3 nitrogen and oxygen atoms in total. The summed E-state index contributed by atoms with van der Waals surface area (Å²) in [5, 5.41) is 3.75. The van der Waals surface area contributed by atoms with E-state index >= 15 is 0 Å². The van der Waals surface area contributed by atoms with E-state index in [-0.39, 0.29) is 11.8 Å². The molecule has 138 valence electrons. The summed E-state index contributed by atoms with van der Waals surface area (Å²) >= 11 is 0. The highest BCUT2D eigenvalue weighted by Gasteiger charge is 2.33. The van der Waals surface area contributed by atoms with Crippen LogP contribution in [0.15, 0.2) is 48.5 Å². The first-order chi connectivity index (χ1) is 13.2. The van der Waals surface area contributed by atoms with Gasteiger partial charge in [-0.2, -0.15) is 0 Å². The quantitative estimate of drug-likeness (QED) is 0.297. The van der Waals surface area contributed by atoms with E-state index in [2.05, 4.69) is 13.0 Å². The van der Waals surface area contributed by atoms with Crippen molar-refractivity contribution in [3.63, 3.8) is 0 Å². The van der Waals surface area contributed by atoms with Gasteiger partial charge in [-0.25, -0.2) is 0 Å². The highest BCUT2D eigenvalue weighted by Crippen LogP contribution is 2.35. The van der Waals surface area contributed by atoms with E-state index < -0.39 is 0 Å². The van der Waals surface area contributed by atoms with Crippen molar-refractivity contribution in [2.75, 3.05) is 6.54 Å². The van der Waals surface area contributed by atoms with Gasteiger partial charge in [0.2, 0.25) is 0 Å². The summed E-state index contributed by atoms with van der Waals surface area (Å²) < 4.78 is 0. The second-order valence-electron chi connectivity index (χ2n) is 7.41. The number of fused-ring (bicyclic) bond motifs is 2. The van der Waals surface area contributed by atoms with Crippen molar-refractivity contribution in [2.45, 2.75) is 45.4 Å². The van der Waals surface area contributed by atoms with Gasteiger partial charge >= 0.3 is 0 Å². The summed E-state index contributed by atoms with van der Waals surface area (Å²) in [4.78, 5) is 27.8. The molecule has 0 aliphatic carbocycles. The summed E-state index contributed by atoms with van der Waals surface area (Å²) in [7, 11) is 0. The van der Waals surface area contributed by atoms with Crippen molar-refractivity contribution < 1.29 is 9.59 Å². The molecule has 3 aromatic carbocycles. The number of unbranched alkanes of at least 4 members (excludes halogenated alkanes) is 5. The lowest BCUT2D eigenvalue weighted by Gasteiger charge is -2.28. The third-order valence-electron chi connectivity index (χ3n) is 5.56. The first-order valence-electron chi connectivity index (χ1n) is 10.0. The molecule has 0 atom stereocenters. The van der Waals surface area contributed by atoms with Crippen LogP contribution in [0.2, 0.25) is 0 Å². The zero-order chi connectivity index (χ0) is 18.8. The summed E-state index contributed by atoms with van der Waals surface area (Å²) in [5.74, 6) is -0.295. The average molecular weight is 359 g/mol. The normalized spacial score (nSPS) is 13.7. The number of hydrogen-bond donors (Lipinski definition) is 0. The van der Waals surface area contributed by atoms with Crippen LogP contribution < -0.4 is 0 Å². The van der Waals surface area contributed by atoms with Crippen LogP contribution in [-0.4, -0.2) is 23.3 Å². The van der Waals surface area contributed by atoms with Crippen LogP contribution >= 0.6 is 0 Å². The van der Waals surface area contributed by atoms with Crippen molar-refractivity contribution in [1.29, 1.82) is 0 Å². The molecule has 4 rings (SSSR count). The molecule has 1 heterocycles. The van der Waals surface area contributed by atoms with Gasteiger partial charge in [-0.1, -0.05) is 75.4 Å². The van der Waals surface area contributed by atoms with E-state index in [1.807, 2.05) is 42.5 Å². The fraction of sp³-hybridized carbons (Fsp3) is 0.333. The van der Waals surface area contributed by atoms with Crippen molar-refractivity contribution in [3.8, 4) is 0 Å². The van der Waals surface area contributed by atoms with Crippen LogP contribution in [0.3, 0.4) is 0 Å².